The first-order valence-corrected chi connectivity index (χ1v) is 9.11. The first-order valence-electron chi connectivity index (χ1n) is 7.92. The van der Waals surface area contributed by atoms with Crippen LogP contribution in [0.15, 0.2) is 16.5 Å². The first-order chi connectivity index (χ1) is 11.6. The summed E-state index contributed by atoms with van der Waals surface area (Å²) < 4.78 is 10.3. The molecule has 9 heteroatoms. The number of carbonyl (C=O) groups is 1. The van der Waals surface area contributed by atoms with E-state index >= 15 is 0 Å². The molecule has 5 heterocycles. The van der Waals surface area contributed by atoms with Crippen LogP contribution < -0.4 is 10.1 Å². The zero-order valence-electron chi connectivity index (χ0n) is 13.1. The van der Waals surface area contributed by atoms with E-state index in [2.05, 4.69) is 27.3 Å². The van der Waals surface area contributed by atoms with Crippen molar-refractivity contribution in [3.63, 3.8) is 0 Å². The number of amides is 1. The van der Waals surface area contributed by atoms with Gasteiger partial charge < -0.3 is 14.5 Å². The molecule has 3 aliphatic rings. The molecule has 0 spiro atoms. The van der Waals surface area contributed by atoms with Crippen molar-refractivity contribution < 1.29 is 13.9 Å². The fraction of sp³-hybridized carbons (Fsp3) is 0.533. The molecule has 24 heavy (non-hydrogen) atoms. The summed E-state index contributed by atoms with van der Waals surface area (Å²) in [7, 11) is 0. The summed E-state index contributed by atoms with van der Waals surface area (Å²) in [6.07, 6.45) is 2.28. The number of nitrogens with zero attached hydrogens (tertiary/aromatic N) is 3. The smallest absolute Gasteiger partial charge is 0.399 e. The van der Waals surface area contributed by atoms with Gasteiger partial charge in [0.25, 0.3) is 5.91 Å². The summed E-state index contributed by atoms with van der Waals surface area (Å²) >= 11 is 6.79. The van der Waals surface area contributed by atoms with Crippen LogP contribution in [0.25, 0.3) is 0 Å². The highest BCUT2D eigenvalue weighted by Crippen LogP contribution is 2.33. The van der Waals surface area contributed by atoms with E-state index in [0.717, 1.165) is 25.9 Å². The van der Waals surface area contributed by atoms with Crippen molar-refractivity contribution in [1.82, 2.24) is 20.4 Å². The van der Waals surface area contributed by atoms with Crippen molar-refractivity contribution in [2.45, 2.75) is 31.8 Å². The normalized spacial score (nSPS) is 28.8. The van der Waals surface area contributed by atoms with Crippen LogP contribution >= 0.6 is 22.9 Å². The van der Waals surface area contributed by atoms with Crippen LogP contribution in [0.1, 0.15) is 29.4 Å². The number of fused-ring (bicyclic) bond motifs is 3. The number of carbonyl (C=O) groups excluding carboxylic acids is 1. The Morgan fingerprint density at radius 1 is 1.42 bits per heavy atom. The van der Waals surface area contributed by atoms with Gasteiger partial charge in [-0.3, -0.25) is 9.69 Å². The third kappa shape index (κ3) is 3.01. The highest BCUT2D eigenvalue weighted by Gasteiger charge is 2.40. The lowest BCUT2D eigenvalue weighted by atomic mass is 9.79. The van der Waals surface area contributed by atoms with Crippen LogP contribution in [0.5, 0.6) is 11.1 Å². The maximum absolute atomic E-state index is 12.6. The largest absolute Gasteiger partial charge is 0.422 e. The van der Waals surface area contributed by atoms with E-state index < -0.39 is 0 Å². The molecule has 0 aliphatic carbocycles. The highest BCUT2D eigenvalue weighted by molar-refractivity contribution is 7.15. The molecule has 0 radical (unpaired) electrons. The number of nitrogens with one attached hydrogen (secondary N) is 1. The van der Waals surface area contributed by atoms with E-state index in [1.807, 2.05) is 0 Å². The van der Waals surface area contributed by atoms with Crippen molar-refractivity contribution in [2.24, 2.45) is 5.92 Å². The minimum atomic E-state index is -0.0872. The lowest BCUT2D eigenvalue weighted by molar-refractivity contribution is 0.0218. The topological polar surface area (TPSA) is 80.5 Å². The second-order valence-electron chi connectivity index (χ2n) is 6.15. The number of hydrogen-bond donors (Lipinski definition) is 1. The Morgan fingerprint density at radius 2 is 2.21 bits per heavy atom. The van der Waals surface area contributed by atoms with E-state index in [-0.39, 0.29) is 23.4 Å². The predicted octanol–water partition coefficient (Wildman–Crippen LogP) is 2.79. The molecule has 3 aliphatic heterocycles. The first kappa shape index (κ1) is 15.9. The minimum Gasteiger partial charge on any atom is -0.399 e. The van der Waals surface area contributed by atoms with E-state index in [0.29, 0.717) is 21.9 Å². The Morgan fingerprint density at radius 3 is 2.88 bits per heavy atom. The molecule has 2 aromatic rings. The fourth-order valence-electron chi connectivity index (χ4n) is 3.59. The van der Waals surface area contributed by atoms with Gasteiger partial charge in [0, 0.05) is 12.1 Å². The van der Waals surface area contributed by atoms with E-state index in [1.54, 1.807) is 12.1 Å². The Balaban J connectivity index is 1.41. The molecule has 2 bridgehead atoms. The van der Waals surface area contributed by atoms with Crippen molar-refractivity contribution in [3.05, 3.63) is 22.4 Å². The molecule has 2 unspecified atom stereocenters. The zero-order valence-corrected chi connectivity index (χ0v) is 14.6. The van der Waals surface area contributed by atoms with Crippen molar-refractivity contribution in [1.29, 1.82) is 0 Å². The Hall–Kier alpha value is -1.64. The molecule has 3 saturated heterocycles. The molecule has 7 nitrogen and oxygen atoms in total. The van der Waals surface area contributed by atoms with Gasteiger partial charge in [-0.05, 0) is 62.5 Å². The van der Waals surface area contributed by atoms with Crippen molar-refractivity contribution >= 4 is 28.8 Å². The average molecular weight is 369 g/mol. The van der Waals surface area contributed by atoms with E-state index in [1.165, 1.54) is 11.3 Å². The van der Waals surface area contributed by atoms with Crippen LogP contribution in [-0.4, -0.2) is 46.2 Å². The van der Waals surface area contributed by atoms with E-state index in [4.69, 9.17) is 20.8 Å². The number of aromatic nitrogens is 2. The fourth-order valence-corrected chi connectivity index (χ4v) is 4.44. The Bertz CT molecular complexity index is 739. The summed E-state index contributed by atoms with van der Waals surface area (Å²) in [5.74, 6) is 0.508. The molecular weight excluding hydrogens is 352 g/mol. The number of piperidine rings is 3. The number of thiophene rings is 1. The van der Waals surface area contributed by atoms with Gasteiger partial charge in [-0.15, -0.1) is 0 Å². The monoisotopic (exact) mass is 368 g/mol. The number of ether oxygens (including phenoxy) is 1. The van der Waals surface area contributed by atoms with Gasteiger partial charge in [-0.1, -0.05) is 21.5 Å². The van der Waals surface area contributed by atoms with E-state index in [9.17, 15) is 4.79 Å². The summed E-state index contributed by atoms with van der Waals surface area (Å²) in [6.45, 7) is 4.47. The molecule has 1 amide bonds. The third-order valence-electron chi connectivity index (χ3n) is 4.85. The standard InChI is InChI=1S/C15H17ClN4O3S/c1-8-12(9-4-6-20(8)7-5-9)17-13(21)10-2-3-11(24-10)22-15-19-18-14(16)23-15/h2-3,8-9,12H,4-7H2,1H3,(H,17,21). The van der Waals surface area contributed by atoms with Gasteiger partial charge in [0.1, 0.15) is 0 Å². The average Bonchev–Trinajstić information content (AvgIpc) is 3.21. The second kappa shape index (κ2) is 6.34. The lowest BCUT2D eigenvalue weighted by Crippen LogP contribution is -2.62. The van der Waals surface area contributed by atoms with Crippen LogP contribution in [0, 0.1) is 5.92 Å². The second-order valence-corrected chi connectivity index (χ2v) is 7.52. The SMILES string of the molecule is CC1C(NC(=O)c2ccc(Oc3nnc(Cl)o3)s2)C2CCN1CC2. The molecule has 1 N–H and O–H groups in total. The predicted molar refractivity (Wildman–Crippen MR) is 88.7 cm³/mol. The van der Waals surface area contributed by atoms with Gasteiger partial charge in [-0.25, -0.2) is 0 Å². The molecule has 3 fully saturated rings. The lowest BCUT2D eigenvalue weighted by Gasteiger charge is -2.49. The molecule has 128 valence electrons. The Kier molecular flexibility index (Phi) is 4.19. The van der Waals surface area contributed by atoms with Crippen molar-refractivity contribution in [2.75, 3.05) is 13.1 Å². The van der Waals surface area contributed by atoms with Gasteiger partial charge in [0.15, 0.2) is 5.06 Å². The number of rotatable bonds is 4. The van der Waals surface area contributed by atoms with Gasteiger partial charge in [0.2, 0.25) is 0 Å². The van der Waals surface area contributed by atoms with Crippen LogP contribution in [-0.2, 0) is 0 Å². The summed E-state index contributed by atoms with van der Waals surface area (Å²) in [5.41, 5.74) is 0. The summed E-state index contributed by atoms with van der Waals surface area (Å²) in [5, 5.41) is 10.7. The Labute approximate surface area is 147 Å². The van der Waals surface area contributed by atoms with Gasteiger partial charge in [0.05, 0.1) is 4.88 Å². The van der Waals surface area contributed by atoms with Crippen molar-refractivity contribution in [3.8, 4) is 11.1 Å². The van der Waals surface area contributed by atoms with Gasteiger partial charge in [-0.2, -0.15) is 0 Å². The number of hydrogen-bond acceptors (Lipinski definition) is 7. The maximum atomic E-state index is 12.6. The summed E-state index contributed by atoms with van der Waals surface area (Å²) in [4.78, 5) is 15.6. The molecule has 0 saturated carbocycles. The van der Waals surface area contributed by atoms with Crippen LogP contribution in [0.3, 0.4) is 0 Å². The maximum Gasteiger partial charge on any atom is 0.422 e. The highest BCUT2D eigenvalue weighted by atomic mass is 35.5. The third-order valence-corrected chi connectivity index (χ3v) is 5.97. The van der Waals surface area contributed by atoms with Crippen LogP contribution in [0.4, 0.5) is 0 Å². The van der Waals surface area contributed by atoms with Gasteiger partial charge >= 0.3 is 11.4 Å². The molecule has 5 rings (SSSR count). The molecule has 2 atom stereocenters. The van der Waals surface area contributed by atoms with Crippen LogP contribution in [0.2, 0.25) is 5.35 Å². The summed E-state index contributed by atoms with van der Waals surface area (Å²) in [6, 6.07) is 4.04. The quantitative estimate of drug-likeness (QED) is 0.893. The molecular formula is C15H17ClN4O3S. The zero-order chi connectivity index (χ0) is 16.7. The minimum absolute atomic E-state index is 0.0418. The molecule has 2 aromatic heterocycles. The molecule has 0 aromatic carbocycles. The number of halogens is 1.